The van der Waals surface area contributed by atoms with E-state index in [1.165, 1.54) is 6.42 Å². The summed E-state index contributed by atoms with van der Waals surface area (Å²) < 4.78 is 5.07. The van der Waals surface area contributed by atoms with Gasteiger partial charge in [-0.2, -0.15) is 0 Å². The molecule has 1 aliphatic rings. The van der Waals surface area contributed by atoms with E-state index in [0.29, 0.717) is 19.0 Å². The molecule has 1 fully saturated rings. The zero-order valence-electron chi connectivity index (χ0n) is 12.3. The molecule has 0 amide bonds. The maximum absolute atomic E-state index is 10.5. The van der Waals surface area contributed by atoms with Crippen LogP contribution in [0.15, 0.2) is 6.07 Å². The fourth-order valence-electron chi connectivity index (χ4n) is 2.55. The van der Waals surface area contributed by atoms with Crippen molar-refractivity contribution in [1.29, 1.82) is 0 Å². The summed E-state index contributed by atoms with van der Waals surface area (Å²) >= 11 is 0. The van der Waals surface area contributed by atoms with Crippen LogP contribution in [0.1, 0.15) is 37.9 Å². The van der Waals surface area contributed by atoms with E-state index in [1.54, 1.807) is 7.11 Å². The van der Waals surface area contributed by atoms with Crippen molar-refractivity contribution >= 4 is 11.6 Å². The van der Waals surface area contributed by atoms with E-state index in [0.717, 1.165) is 37.3 Å². The van der Waals surface area contributed by atoms with Gasteiger partial charge >= 0.3 is 0 Å². The summed E-state index contributed by atoms with van der Waals surface area (Å²) in [6.07, 6.45) is 5.12. The molecule has 6 nitrogen and oxygen atoms in total. The van der Waals surface area contributed by atoms with Crippen LogP contribution in [0.2, 0.25) is 0 Å². The maximum atomic E-state index is 10.5. The van der Waals surface area contributed by atoms with Gasteiger partial charge in [0.1, 0.15) is 18.2 Å². The first-order valence-corrected chi connectivity index (χ1v) is 7.16. The molecule has 0 atom stereocenters. The summed E-state index contributed by atoms with van der Waals surface area (Å²) in [6.45, 7) is 0.897. The van der Waals surface area contributed by atoms with Crippen molar-refractivity contribution < 1.29 is 9.84 Å². The lowest BCUT2D eigenvalue weighted by Crippen LogP contribution is -2.39. The Morgan fingerprint density at radius 1 is 1.25 bits per heavy atom. The molecule has 0 saturated heterocycles. The van der Waals surface area contributed by atoms with E-state index in [1.807, 2.05) is 13.1 Å². The number of aliphatic hydroxyl groups is 1. The van der Waals surface area contributed by atoms with Crippen LogP contribution in [0.3, 0.4) is 0 Å². The lowest BCUT2D eigenvalue weighted by atomic mass is 9.85. The molecule has 1 heterocycles. The molecule has 0 radical (unpaired) electrons. The minimum absolute atomic E-state index is 0.370. The van der Waals surface area contributed by atoms with Crippen molar-refractivity contribution in [3.63, 3.8) is 0 Å². The molecular weight excluding hydrogens is 256 g/mol. The summed E-state index contributed by atoms with van der Waals surface area (Å²) in [5.74, 6) is 2.08. The number of nitrogens with one attached hydrogen (secondary N) is 2. The molecule has 3 N–H and O–H groups in total. The van der Waals surface area contributed by atoms with E-state index in [4.69, 9.17) is 4.74 Å². The second-order valence-corrected chi connectivity index (χ2v) is 5.38. The molecule has 1 aromatic heterocycles. The van der Waals surface area contributed by atoms with Crippen LogP contribution in [0, 0.1) is 0 Å². The zero-order chi connectivity index (χ0) is 14.4. The Balaban J connectivity index is 2.02. The lowest BCUT2D eigenvalue weighted by Gasteiger charge is -2.32. The molecular formula is C14H24N4O2. The van der Waals surface area contributed by atoms with Crippen molar-refractivity contribution in [2.45, 2.75) is 44.3 Å². The number of hydrogen-bond acceptors (Lipinski definition) is 6. The third-order valence-electron chi connectivity index (χ3n) is 3.68. The summed E-state index contributed by atoms with van der Waals surface area (Å²) in [6, 6.07) is 1.84. The third kappa shape index (κ3) is 4.05. The maximum Gasteiger partial charge on any atom is 0.158 e. The normalized spacial score (nSPS) is 17.8. The van der Waals surface area contributed by atoms with Crippen LogP contribution < -0.4 is 10.6 Å². The topological polar surface area (TPSA) is 79.3 Å². The van der Waals surface area contributed by atoms with E-state index < -0.39 is 5.60 Å². The van der Waals surface area contributed by atoms with Crippen LogP contribution in [0.5, 0.6) is 0 Å². The van der Waals surface area contributed by atoms with E-state index in [2.05, 4.69) is 20.6 Å². The predicted octanol–water partition coefficient (Wildman–Crippen LogP) is 1.77. The van der Waals surface area contributed by atoms with E-state index in [9.17, 15) is 5.11 Å². The minimum Gasteiger partial charge on any atom is -0.388 e. The van der Waals surface area contributed by atoms with E-state index in [-0.39, 0.29) is 0 Å². The van der Waals surface area contributed by atoms with E-state index >= 15 is 0 Å². The van der Waals surface area contributed by atoms with Gasteiger partial charge in [0.2, 0.25) is 0 Å². The molecule has 6 heteroatoms. The lowest BCUT2D eigenvalue weighted by molar-refractivity contribution is 0.0166. The first kappa shape index (κ1) is 15.0. The summed E-state index contributed by atoms with van der Waals surface area (Å²) in [7, 11) is 3.44. The highest BCUT2D eigenvalue weighted by molar-refractivity contribution is 5.47. The van der Waals surface area contributed by atoms with Crippen LogP contribution in [-0.2, 0) is 11.3 Å². The Bertz CT molecular complexity index is 433. The van der Waals surface area contributed by atoms with Gasteiger partial charge in [-0.1, -0.05) is 19.3 Å². The van der Waals surface area contributed by atoms with Gasteiger partial charge in [-0.3, -0.25) is 0 Å². The number of hydrogen-bond donors (Lipinski definition) is 3. The van der Waals surface area contributed by atoms with Gasteiger partial charge in [-0.05, 0) is 12.8 Å². The predicted molar refractivity (Wildman–Crippen MR) is 78.8 cm³/mol. The summed E-state index contributed by atoms with van der Waals surface area (Å²) in [5, 5.41) is 16.7. The molecule has 0 unspecified atom stereocenters. The van der Waals surface area contributed by atoms with Gasteiger partial charge in [0.25, 0.3) is 0 Å². The molecule has 0 aliphatic heterocycles. The van der Waals surface area contributed by atoms with Gasteiger partial charge < -0.3 is 20.5 Å². The monoisotopic (exact) mass is 280 g/mol. The Hall–Kier alpha value is -1.40. The van der Waals surface area contributed by atoms with Gasteiger partial charge in [0.15, 0.2) is 5.82 Å². The highest BCUT2D eigenvalue weighted by atomic mass is 16.5. The number of aromatic nitrogens is 2. The Morgan fingerprint density at radius 3 is 2.60 bits per heavy atom. The molecule has 1 saturated carbocycles. The Kier molecular flexibility index (Phi) is 5.14. The van der Waals surface area contributed by atoms with Crippen LogP contribution in [0.4, 0.5) is 11.6 Å². The molecule has 0 bridgehead atoms. The smallest absolute Gasteiger partial charge is 0.158 e. The average Bonchev–Trinajstić information content (AvgIpc) is 2.46. The zero-order valence-corrected chi connectivity index (χ0v) is 12.3. The standard InChI is InChI=1S/C14H24N4O2/c1-15-11-8-12(18-13(17-11)9-20-2)16-10-14(19)6-4-3-5-7-14/h8,19H,3-7,9-10H2,1-2H3,(H2,15,16,17,18). The Labute approximate surface area is 120 Å². The van der Waals surface area contributed by atoms with Crippen molar-refractivity contribution in [2.75, 3.05) is 31.3 Å². The third-order valence-corrected chi connectivity index (χ3v) is 3.68. The first-order chi connectivity index (χ1) is 9.65. The summed E-state index contributed by atoms with van der Waals surface area (Å²) in [4.78, 5) is 8.69. The van der Waals surface area contributed by atoms with Gasteiger partial charge in [0.05, 0.1) is 5.60 Å². The van der Waals surface area contributed by atoms with Crippen molar-refractivity contribution in [3.05, 3.63) is 11.9 Å². The van der Waals surface area contributed by atoms with Crippen LogP contribution >= 0.6 is 0 Å². The highest BCUT2D eigenvalue weighted by Crippen LogP contribution is 2.28. The number of nitrogens with zero attached hydrogens (tertiary/aromatic N) is 2. The first-order valence-electron chi connectivity index (χ1n) is 7.16. The van der Waals surface area contributed by atoms with Crippen molar-refractivity contribution in [3.8, 4) is 0 Å². The summed E-state index contributed by atoms with van der Waals surface area (Å²) in [5.41, 5.74) is -0.607. The number of ether oxygens (including phenoxy) is 1. The van der Waals surface area contributed by atoms with Gasteiger partial charge in [0, 0.05) is 26.8 Å². The van der Waals surface area contributed by atoms with Crippen molar-refractivity contribution in [1.82, 2.24) is 9.97 Å². The molecule has 112 valence electrons. The molecule has 2 rings (SSSR count). The number of anilines is 2. The fraction of sp³-hybridized carbons (Fsp3) is 0.714. The highest BCUT2D eigenvalue weighted by Gasteiger charge is 2.28. The molecule has 0 aromatic carbocycles. The molecule has 1 aromatic rings. The average molecular weight is 280 g/mol. The molecule has 20 heavy (non-hydrogen) atoms. The van der Waals surface area contributed by atoms with Gasteiger partial charge in [-0.15, -0.1) is 0 Å². The van der Waals surface area contributed by atoms with Crippen LogP contribution in [0.25, 0.3) is 0 Å². The largest absolute Gasteiger partial charge is 0.388 e. The number of rotatable bonds is 6. The van der Waals surface area contributed by atoms with Crippen molar-refractivity contribution in [2.24, 2.45) is 0 Å². The van der Waals surface area contributed by atoms with Crippen LogP contribution in [-0.4, -0.2) is 41.4 Å². The Morgan fingerprint density at radius 2 is 1.95 bits per heavy atom. The SMILES string of the molecule is CNc1cc(NCC2(O)CCCCC2)nc(COC)n1. The van der Waals surface area contributed by atoms with Gasteiger partial charge in [-0.25, -0.2) is 9.97 Å². The second kappa shape index (κ2) is 6.85. The minimum atomic E-state index is -0.607. The quantitative estimate of drug-likeness (QED) is 0.737. The second-order valence-electron chi connectivity index (χ2n) is 5.38. The number of methoxy groups -OCH3 is 1. The molecule has 0 spiro atoms. The fourth-order valence-corrected chi connectivity index (χ4v) is 2.55. The molecule has 1 aliphatic carbocycles.